The van der Waals surface area contributed by atoms with Gasteiger partial charge >= 0.3 is 0 Å². The molecular weight excluding hydrogens is 225 g/mol. The van der Waals surface area contributed by atoms with E-state index >= 15 is 0 Å². The van der Waals surface area contributed by atoms with Crippen molar-refractivity contribution in [3.63, 3.8) is 0 Å². The molecule has 0 aliphatic carbocycles. The molecule has 18 heavy (non-hydrogen) atoms. The van der Waals surface area contributed by atoms with Crippen LogP contribution in [-0.4, -0.2) is 6.54 Å². The predicted molar refractivity (Wildman–Crippen MR) is 74.5 cm³/mol. The summed E-state index contributed by atoms with van der Waals surface area (Å²) in [6.45, 7) is 4.78. The second-order valence-electron chi connectivity index (χ2n) is 4.62. The molecule has 0 amide bonds. The molecule has 0 spiro atoms. The van der Waals surface area contributed by atoms with Crippen molar-refractivity contribution in [1.82, 2.24) is 0 Å². The first-order valence-corrected chi connectivity index (χ1v) is 6.22. The van der Waals surface area contributed by atoms with Crippen molar-refractivity contribution >= 4 is 5.69 Å². The second kappa shape index (κ2) is 5.67. The van der Waals surface area contributed by atoms with Crippen LogP contribution in [0.3, 0.4) is 0 Å². The zero-order valence-corrected chi connectivity index (χ0v) is 10.8. The number of aryl methyl sites for hydroxylation is 1. The zero-order chi connectivity index (χ0) is 13.0. The van der Waals surface area contributed by atoms with Gasteiger partial charge in [0.2, 0.25) is 0 Å². The third-order valence-corrected chi connectivity index (χ3v) is 3.18. The highest BCUT2D eigenvalue weighted by atomic mass is 19.1. The molecule has 0 radical (unpaired) electrons. The van der Waals surface area contributed by atoms with Crippen molar-refractivity contribution in [3.8, 4) is 0 Å². The molecule has 0 aliphatic heterocycles. The van der Waals surface area contributed by atoms with Crippen LogP contribution in [0.15, 0.2) is 48.5 Å². The number of rotatable bonds is 4. The average Bonchev–Trinajstić information content (AvgIpc) is 2.39. The summed E-state index contributed by atoms with van der Waals surface area (Å²) >= 11 is 0. The van der Waals surface area contributed by atoms with Gasteiger partial charge in [0.15, 0.2) is 0 Å². The lowest BCUT2D eigenvalue weighted by Crippen LogP contribution is -2.11. The highest BCUT2D eigenvalue weighted by Crippen LogP contribution is 2.21. The summed E-state index contributed by atoms with van der Waals surface area (Å²) in [4.78, 5) is 0. The SMILES string of the molecule is Cc1cccc(F)c1NCC(C)c1ccccc1. The molecular formula is C16H18FN. The van der Waals surface area contributed by atoms with Crippen molar-refractivity contribution < 1.29 is 4.39 Å². The van der Waals surface area contributed by atoms with E-state index in [1.54, 1.807) is 6.07 Å². The number of hydrogen-bond acceptors (Lipinski definition) is 1. The summed E-state index contributed by atoms with van der Waals surface area (Å²) in [7, 11) is 0. The van der Waals surface area contributed by atoms with Gasteiger partial charge in [0.1, 0.15) is 5.82 Å². The summed E-state index contributed by atoms with van der Waals surface area (Å²) in [5.41, 5.74) is 2.81. The maximum absolute atomic E-state index is 13.6. The number of hydrogen-bond donors (Lipinski definition) is 1. The highest BCUT2D eigenvalue weighted by Gasteiger charge is 2.08. The van der Waals surface area contributed by atoms with E-state index in [2.05, 4.69) is 24.4 Å². The zero-order valence-electron chi connectivity index (χ0n) is 10.8. The molecule has 2 heteroatoms. The normalized spacial score (nSPS) is 12.2. The minimum Gasteiger partial charge on any atom is -0.382 e. The molecule has 0 saturated carbocycles. The summed E-state index contributed by atoms with van der Waals surface area (Å²) in [6.07, 6.45) is 0. The molecule has 0 fully saturated rings. The second-order valence-corrected chi connectivity index (χ2v) is 4.62. The van der Waals surface area contributed by atoms with E-state index in [0.717, 1.165) is 12.1 Å². The van der Waals surface area contributed by atoms with Crippen LogP contribution < -0.4 is 5.32 Å². The molecule has 0 aliphatic rings. The smallest absolute Gasteiger partial charge is 0.146 e. The Labute approximate surface area is 108 Å². The van der Waals surface area contributed by atoms with E-state index in [9.17, 15) is 4.39 Å². The van der Waals surface area contributed by atoms with E-state index < -0.39 is 0 Å². The first-order chi connectivity index (χ1) is 8.68. The molecule has 1 nitrogen and oxygen atoms in total. The van der Waals surface area contributed by atoms with Crippen LogP contribution in [0.2, 0.25) is 0 Å². The number of nitrogens with one attached hydrogen (secondary N) is 1. The Kier molecular flexibility index (Phi) is 3.98. The van der Waals surface area contributed by atoms with Gasteiger partial charge in [-0.3, -0.25) is 0 Å². The summed E-state index contributed by atoms with van der Waals surface area (Å²) in [5.74, 6) is 0.167. The van der Waals surface area contributed by atoms with Gasteiger partial charge in [-0.1, -0.05) is 49.4 Å². The highest BCUT2D eigenvalue weighted by molar-refractivity contribution is 5.51. The van der Waals surface area contributed by atoms with E-state index in [4.69, 9.17) is 0 Å². The van der Waals surface area contributed by atoms with E-state index in [-0.39, 0.29) is 5.82 Å². The topological polar surface area (TPSA) is 12.0 Å². The third-order valence-electron chi connectivity index (χ3n) is 3.18. The third kappa shape index (κ3) is 2.89. The summed E-state index contributed by atoms with van der Waals surface area (Å²) in [6, 6.07) is 15.4. The van der Waals surface area contributed by atoms with Crippen molar-refractivity contribution in [2.24, 2.45) is 0 Å². The molecule has 0 heterocycles. The van der Waals surface area contributed by atoms with Crippen LogP contribution in [0.4, 0.5) is 10.1 Å². The first-order valence-electron chi connectivity index (χ1n) is 6.22. The number of halogens is 1. The number of benzene rings is 2. The molecule has 1 unspecified atom stereocenters. The fourth-order valence-electron chi connectivity index (χ4n) is 2.01. The lowest BCUT2D eigenvalue weighted by atomic mass is 10.0. The Morgan fingerprint density at radius 2 is 1.78 bits per heavy atom. The summed E-state index contributed by atoms with van der Waals surface area (Å²) in [5, 5.41) is 3.20. The Hall–Kier alpha value is -1.83. The van der Waals surface area contributed by atoms with Crippen LogP contribution in [0, 0.1) is 12.7 Å². The lowest BCUT2D eigenvalue weighted by Gasteiger charge is -2.16. The molecule has 2 aromatic rings. The van der Waals surface area contributed by atoms with Crippen molar-refractivity contribution in [3.05, 3.63) is 65.5 Å². The van der Waals surface area contributed by atoms with Gasteiger partial charge in [-0.15, -0.1) is 0 Å². The van der Waals surface area contributed by atoms with Crippen LogP contribution in [0.1, 0.15) is 24.0 Å². The maximum atomic E-state index is 13.6. The van der Waals surface area contributed by atoms with Gasteiger partial charge in [0.05, 0.1) is 5.69 Å². The van der Waals surface area contributed by atoms with Crippen molar-refractivity contribution in [2.45, 2.75) is 19.8 Å². The van der Waals surface area contributed by atoms with Gasteiger partial charge in [0.25, 0.3) is 0 Å². The van der Waals surface area contributed by atoms with Gasteiger partial charge in [0, 0.05) is 6.54 Å². The largest absolute Gasteiger partial charge is 0.382 e. The molecule has 1 N–H and O–H groups in total. The van der Waals surface area contributed by atoms with E-state index in [1.165, 1.54) is 11.6 Å². The van der Waals surface area contributed by atoms with E-state index in [1.807, 2.05) is 31.2 Å². The van der Waals surface area contributed by atoms with E-state index in [0.29, 0.717) is 11.6 Å². The molecule has 0 aromatic heterocycles. The van der Waals surface area contributed by atoms with Gasteiger partial charge in [-0.25, -0.2) is 4.39 Å². The van der Waals surface area contributed by atoms with Crippen LogP contribution >= 0.6 is 0 Å². The molecule has 0 bridgehead atoms. The molecule has 0 saturated heterocycles. The molecule has 94 valence electrons. The van der Waals surface area contributed by atoms with Gasteiger partial charge in [-0.05, 0) is 30.0 Å². The Morgan fingerprint density at radius 1 is 1.06 bits per heavy atom. The van der Waals surface area contributed by atoms with Crippen LogP contribution in [-0.2, 0) is 0 Å². The summed E-state index contributed by atoms with van der Waals surface area (Å²) < 4.78 is 13.6. The maximum Gasteiger partial charge on any atom is 0.146 e. The fraction of sp³-hybridized carbons (Fsp3) is 0.250. The molecule has 1 atom stereocenters. The quantitative estimate of drug-likeness (QED) is 0.841. The van der Waals surface area contributed by atoms with Gasteiger partial charge < -0.3 is 5.32 Å². The Bertz CT molecular complexity index is 488. The monoisotopic (exact) mass is 243 g/mol. The van der Waals surface area contributed by atoms with Gasteiger partial charge in [-0.2, -0.15) is 0 Å². The standard InChI is InChI=1S/C16H18FN/c1-12-7-6-10-15(17)16(12)18-11-13(2)14-8-4-3-5-9-14/h3-10,13,18H,11H2,1-2H3. The first kappa shape index (κ1) is 12.6. The fourth-order valence-corrected chi connectivity index (χ4v) is 2.01. The lowest BCUT2D eigenvalue weighted by molar-refractivity contribution is 0.627. The minimum absolute atomic E-state index is 0.185. The van der Waals surface area contributed by atoms with Crippen molar-refractivity contribution in [2.75, 3.05) is 11.9 Å². The molecule has 2 aromatic carbocycles. The average molecular weight is 243 g/mol. The predicted octanol–water partition coefficient (Wildman–Crippen LogP) is 4.35. The van der Waals surface area contributed by atoms with Crippen LogP contribution in [0.25, 0.3) is 0 Å². The number of para-hydroxylation sites is 1. The Morgan fingerprint density at radius 3 is 2.44 bits per heavy atom. The van der Waals surface area contributed by atoms with Crippen LogP contribution in [0.5, 0.6) is 0 Å². The number of anilines is 1. The minimum atomic E-state index is -0.185. The van der Waals surface area contributed by atoms with Crippen molar-refractivity contribution in [1.29, 1.82) is 0 Å². The Balaban J connectivity index is 2.04. The molecule has 2 rings (SSSR count).